The first-order valence-electron chi connectivity index (χ1n) is 7.05. The predicted molar refractivity (Wildman–Crippen MR) is 74.6 cm³/mol. The van der Waals surface area contributed by atoms with Crippen molar-refractivity contribution in [3.63, 3.8) is 0 Å². The first-order valence-corrected chi connectivity index (χ1v) is 7.05. The smallest absolute Gasteiger partial charge is 0.127 e. The average Bonchev–Trinajstić information content (AvgIpc) is 2.76. The fourth-order valence-electron chi connectivity index (χ4n) is 3.06. The molecule has 104 valence electrons. The van der Waals surface area contributed by atoms with Crippen molar-refractivity contribution in [2.45, 2.75) is 37.9 Å². The Balaban J connectivity index is 1.66. The van der Waals surface area contributed by atoms with Crippen molar-refractivity contribution in [1.29, 1.82) is 0 Å². The normalized spacial score (nSPS) is 30.9. The molecular weight excluding hydrogens is 240 g/mol. The molecule has 0 amide bonds. The van der Waals surface area contributed by atoms with E-state index in [1.807, 2.05) is 6.07 Å². The van der Waals surface area contributed by atoms with Crippen LogP contribution in [0.1, 0.15) is 31.4 Å². The molecule has 2 aliphatic rings. The molecule has 1 fully saturated rings. The van der Waals surface area contributed by atoms with Crippen molar-refractivity contribution < 1.29 is 9.84 Å². The number of nitrogens with one attached hydrogen (secondary N) is 1. The highest BCUT2D eigenvalue weighted by Crippen LogP contribution is 2.35. The Morgan fingerprint density at radius 1 is 1.42 bits per heavy atom. The van der Waals surface area contributed by atoms with E-state index in [0.29, 0.717) is 18.7 Å². The molecule has 19 heavy (non-hydrogen) atoms. The number of nitrogens with zero attached hydrogens (tertiary/aromatic N) is 1. The van der Waals surface area contributed by atoms with E-state index in [9.17, 15) is 5.11 Å². The fourth-order valence-corrected chi connectivity index (χ4v) is 3.06. The van der Waals surface area contributed by atoms with Gasteiger partial charge in [0.2, 0.25) is 0 Å². The molecule has 0 saturated carbocycles. The topological polar surface area (TPSA) is 44.7 Å². The zero-order valence-corrected chi connectivity index (χ0v) is 11.6. The maximum absolute atomic E-state index is 9.46. The number of piperidine rings is 1. The summed E-state index contributed by atoms with van der Waals surface area (Å²) in [5, 5.41) is 13.2. The minimum atomic E-state index is 0.260. The van der Waals surface area contributed by atoms with Crippen LogP contribution < -0.4 is 10.1 Å². The van der Waals surface area contributed by atoms with Crippen molar-refractivity contribution in [1.82, 2.24) is 10.2 Å². The summed E-state index contributed by atoms with van der Waals surface area (Å²) in [5.41, 5.74) is 1.17. The zero-order chi connectivity index (χ0) is 13.4. The molecular formula is C15H22N2O2. The molecule has 2 heterocycles. The lowest BCUT2D eigenvalue weighted by atomic mass is 9.97. The lowest BCUT2D eigenvalue weighted by molar-refractivity contribution is 0.158. The van der Waals surface area contributed by atoms with E-state index < -0.39 is 0 Å². The number of phenols is 1. The van der Waals surface area contributed by atoms with Gasteiger partial charge in [-0.05, 0) is 45.5 Å². The second kappa shape index (κ2) is 5.02. The van der Waals surface area contributed by atoms with E-state index in [1.54, 1.807) is 12.1 Å². The third-order valence-electron chi connectivity index (χ3n) is 4.42. The van der Waals surface area contributed by atoms with Crippen LogP contribution in [0.25, 0.3) is 0 Å². The summed E-state index contributed by atoms with van der Waals surface area (Å²) in [5.74, 6) is 1.09. The van der Waals surface area contributed by atoms with Crippen LogP contribution in [0.4, 0.5) is 0 Å². The van der Waals surface area contributed by atoms with Gasteiger partial charge in [0.1, 0.15) is 18.1 Å². The Morgan fingerprint density at radius 3 is 3.05 bits per heavy atom. The summed E-state index contributed by atoms with van der Waals surface area (Å²) in [7, 11) is 2.19. The van der Waals surface area contributed by atoms with Gasteiger partial charge in [0, 0.05) is 23.7 Å². The molecule has 1 aromatic rings. The molecule has 0 aliphatic carbocycles. The molecule has 0 radical (unpaired) electrons. The van der Waals surface area contributed by atoms with Gasteiger partial charge in [0.05, 0.1) is 6.04 Å². The number of fused-ring (bicyclic) bond motifs is 1. The van der Waals surface area contributed by atoms with E-state index in [4.69, 9.17) is 4.74 Å². The molecule has 3 atom stereocenters. The van der Waals surface area contributed by atoms with Crippen LogP contribution in [0.15, 0.2) is 18.2 Å². The lowest BCUT2D eigenvalue weighted by Crippen LogP contribution is -2.46. The lowest BCUT2D eigenvalue weighted by Gasteiger charge is -2.36. The molecule has 0 spiro atoms. The van der Waals surface area contributed by atoms with Gasteiger partial charge in [-0.15, -0.1) is 0 Å². The Morgan fingerprint density at radius 2 is 2.26 bits per heavy atom. The summed E-state index contributed by atoms with van der Waals surface area (Å²) in [6, 6.07) is 6.85. The van der Waals surface area contributed by atoms with Crippen molar-refractivity contribution in [3.05, 3.63) is 23.8 Å². The number of hydrogen-bond donors (Lipinski definition) is 2. The molecule has 2 N–H and O–H groups in total. The highest BCUT2D eigenvalue weighted by molar-refractivity contribution is 5.44. The first kappa shape index (κ1) is 12.8. The molecule has 3 rings (SSSR count). The van der Waals surface area contributed by atoms with E-state index in [1.165, 1.54) is 18.4 Å². The maximum atomic E-state index is 9.46. The predicted octanol–water partition coefficient (Wildman–Crippen LogP) is 1.90. The van der Waals surface area contributed by atoms with Gasteiger partial charge >= 0.3 is 0 Å². The molecule has 3 unspecified atom stereocenters. The molecule has 0 bridgehead atoms. The molecule has 4 heteroatoms. The summed E-state index contributed by atoms with van der Waals surface area (Å²) < 4.78 is 5.65. The summed E-state index contributed by atoms with van der Waals surface area (Å²) in [4.78, 5) is 2.41. The second-order valence-corrected chi connectivity index (χ2v) is 5.80. The highest BCUT2D eigenvalue weighted by atomic mass is 16.5. The fraction of sp³-hybridized carbons (Fsp3) is 0.600. The summed E-state index contributed by atoms with van der Waals surface area (Å²) >= 11 is 0. The first-order chi connectivity index (χ1) is 9.13. The third-order valence-corrected chi connectivity index (χ3v) is 4.42. The van der Waals surface area contributed by atoms with Crippen LogP contribution in [-0.2, 0) is 0 Å². The molecule has 1 saturated heterocycles. The van der Waals surface area contributed by atoms with Gasteiger partial charge in [-0.2, -0.15) is 0 Å². The number of phenolic OH excluding ortho intramolecular Hbond substituents is 1. The summed E-state index contributed by atoms with van der Waals surface area (Å²) in [6.45, 7) is 4.10. The van der Waals surface area contributed by atoms with Crippen LogP contribution in [0, 0.1) is 0 Å². The minimum Gasteiger partial charge on any atom is -0.508 e. The van der Waals surface area contributed by atoms with Gasteiger partial charge < -0.3 is 20.1 Å². The van der Waals surface area contributed by atoms with Crippen LogP contribution in [0.2, 0.25) is 0 Å². The number of benzene rings is 1. The number of aromatic hydroxyl groups is 1. The van der Waals surface area contributed by atoms with Crippen LogP contribution in [0.3, 0.4) is 0 Å². The van der Waals surface area contributed by atoms with Crippen molar-refractivity contribution >= 4 is 0 Å². The van der Waals surface area contributed by atoms with Gasteiger partial charge in [0.25, 0.3) is 0 Å². The van der Waals surface area contributed by atoms with Gasteiger partial charge in [0.15, 0.2) is 0 Å². The molecule has 4 nitrogen and oxygen atoms in total. The molecule has 1 aromatic carbocycles. The summed E-state index contributed by atoms with van der Waals surface area (Å²) in [6.07, 6.45) is 2.37. The SMILES string of the molecule is CC1CC(NC2COc3cc(O)ccc32)CCN1C. The van der Waals surface area contributed by atoms with Crippen molar-refractivity contribution in [3.8, 4) is 11.5 Å². The second-order valence-electron chi connectivity index (χ2n) is 5.80. The van der Waals surface area contributed by atoms with E-state index in [0.717, 1.165) is 12.3 Å². The quantitative estimate of drug-likeness (QED) is 0.854. The van der Waals surface area contributed by atoms with Crippen LogP contribution >= 0.6 is 0 Å². The monoisotopic (exact) mass is 262 g/mol. The van der Waals surface area contributed by atoms with Crippen molar-refractivity contribution in [2.24, 2.45) is 0 Å². The Bertz CT molecular complexity index is 463. The Kier molecular flexibility index (Phi) is 3.37. The Labute approximate surface area is 114 Å². The maximum Gasteiger partial charge on any atom is 0.127 e. The van der Waals surface area contributed by atoms with Gasteiger partial charge in [-0.3, -0.25) is 0 Å². The zero-order valence-electron chi connectivity index (χ0n) is 11.6. The average molecular weight is 262 g/mol. The van der Waals surface area contributed by atoms with Crippen molar-refractivity contribution in [2.75, 3.05) is 20.2 Å². The van der Waals surface area contributed by atoms with E-state index >= 15 is 0 Å². The number of rotatable bonds is 2. The highest BCUT2D eigenvalue weighted by Gasteiger charge is 2.29. The van der Waals surface area contributed by atoms with Gasteiger partial charge in [-0.25, -0.2) is 0 Å². The van der Waals surface area contributed by atoms with Gasteiger partial charge in [-0.1, -0.05) is 0 Å². The number of ether oxygens (including phenoxy) is 1. The Hall–Kier alpha value is -1.26. The molecule has 2 aliphatic heterocycles. The minimum absolute atomic E-state index is 0.260. The van der Waals surface area contributed by atoms with Crippen LogP contribution in [0.5, 0.6) is 11.5 Å². The van der Waals surface area contributed by atoms with E-state index in [2.05, 4.69) is 24.2 Å². The standard InChI is InChI=1S/C15H22N2O2/c1-10-7-11(5-6-17(10)2)16-14-9-19-15-8-12(18)3-4-13(14)15/h3-4,8,10-11,14,16,18H,5-7,9H2,1-2H3. The van der Waals surface area contributed by atoms with E-state index in [-0.39, 0.29) is 11.8 Å². The van der Waals surface area contributed by atoms with Crippen LogP contribution in [-0.4, -0.2) is 42.3 Å². The third kappa shape index (κ3) is 2.55. The number of likely N-dealkylation sites (tertiary alicyclic amines) is 1. The largest absolute Gasteiger partial charge is 0.508 e. The molecule has 0 aromatic heterocycles. The number of hydrogen-bond acceptors (Lipinski definition) is 4.